The molecular formula is C14H19NO5. The van der Waals surface area contributed by atoms with Gasteiger partial charge in [0.1, 0.15) is 6.10 Å². The summed E-state index contributed by atoms with van der Waals surface area (Å²) in [5.41, 5.74) is -0.425. The van der Waals surface area contributed by atoms with Crippen molar-refractivity contribution in [3.8, 4) is 0 Å². The predicted molar refractivity (Wildman–Crippen MR) is 72.2 cm³/mol. The van der Waals surface area contributed by atoms with E-state index in [0.717, 1.165) is 5.56 Å². The molecule has 0 spiro atoms. The second-order valence-corrected chi connectivity index (χ2v) is 4.87. The molecule has 0 radical (unpaired) electrons. The SMILES string of the molecule is CC(OC(=O)N[C@@](C)(CO)CC(=O)O)c1ccccc1. The van der Waals surface area contributed by atoms with Crippen LogP contribution in [-0.4, -0.2) is 34.4 Å². The number of carbonyl (C=O) groups is 2. The quantitative estimate of drug-likeness (QED) is 0.737. The van der Waals surface area contributed by atoms with Crippen molar-refractivity contribution < 1.29 is 24.5 Å². The Morgan fingerprint density at radius 2 is 1.95 bits per heavy atom. The number of carboxylic acids is 1. The fourth-order valence-electron chi connectivity index (χ4n) is 1.70. The molecule has 0 fully saturated rings. The maximum atomic E-state index is 11.7. The van der Waals surface area contributed by atoms with E-state index in [4.69, 9.17) is 9.84 Å². The highest BCUT2D eigenvalue weighted by atomic mass is 16.6. The first kappa shape index (κ1) is 16.0. The Morgan fingerprint density at radius 1 is 1.35 bits per heavy atom. The van der Waals surface area contributed by atoms with Gasteiger partial charge in [0.05, 0.1) is 18.6 Å². The standard InChI is InChI=1S/C14H19NO5/c1-10(11-6-4-3-5-7-11)20-13(19)15-14(2,9-16)8-12(17)18/h3-7,10,16H,8-9H2,1-2H3,(H,15,19)(H,17,18)/t10?,14-/m1/s1. The largest absolute Gasteiger partial charge is 0.481 e. The summed E-state index contributed by atoms with van der Waals surface area (Å²) in [6.07, 6.45) is -1.62. The number of hydrogen-bond acceptors (Lipinski definition) is 4. The zero-order valence-electron chi connectivity index (χ0n) is 11.5. The molecule has 20 heavy (non-hydrogen) atoms. The highest BCUT2D eigenvalue weighted by Gasteiger charge is 2.30. The Morgan fingerprint density at radius 3 is 2.45 bits per heavy atom. The third kappa shape index (κ3) is 4.89. The fraction of sp³-hybridized carbons (Fsp3) is 0.429. The number of ether oxygens (including phenoxy) is 1. The van der Waals surface area contributed by atoms with Crippen molar-refractivity contribution in [3.63, 3.8) is 0 Å². The Balaban J connectivity index is 2.60. The molecule has 1 rings (SSSR count). The second-order valence-electron chi connectivity index (χ2n) is 4.87. The lowest BCUT2D eigenvalue weighted by Crippen LogP contribution is -2.50. The maximum absolute atomic E-state index is 11.7. The van der Waals surface area contributed by atoms with E-state index in [9.17, 15) is 14.7 Å². The first-order valence-electron chi connectivity index (χ1n) is 6.23. The van der Waals surface area contributed by atoms with E-state index in [1.54, 1.807) is 6.92 Å². The van der Waals surface area contributed by atoms with Gasteiger partial charge in [-0.05, 0) is 19.4 Å². The third-order valence-electron chi connectivity index (χ3n) is 2.85. The Bertz CT molecular complexity index is 462. The monoisotopic (exact) mass is 281 g/mol. The lowest BCUT2D eigenvalue weighted by Gasteiger charge is -2.27. The van der Waals surface area contributed by atoms with Gasteiger partial charge in [-0.15, -0.1) is 0 Å². The fourth-order valence-corrected chi connectivity index (χ4v) is 1.70. The predicted octanol–water partition coefficient (Wildman–Crippen LogP) is 1.70. The van der Waals surface area contributed by atoms with Gasteiger partial charge in [0, 0.05) is 0 Å². The normalized spacial score (nSPS) is 14.9. The van der Waals surface area contributed by atoms with Crippen molar-refractivity contribution >= 4 is 12.1 Å². The Kier molecular flexibility index (Phi) is 5.52. The minimum atomic E-state index is -1.25. The smallest absolute Gasteiger partial charge is 0.408 e. The van der Waals surface area contributed by atoms with Crippen molar-refractivity contribution in [1.82, 2.24) is 5.32 Å². The van der Waals surface area contributed by atoms with Gasteiger partial charge in [-0.3, -0.25) is 4.79 Å². The number of rotatable bonds is 6. The van der Waals surface area contributed by atoms with Gasteiger partial charge in [-0.25, -0.2) is 4.79 Å². The lowest BCUT2D eigenvalue weighted by molar-refractivity contribution is -0.138. The second kappa shape index (κ2) is 6.91. The van der Waals surface area contributed by atoms with Crippen molar-refractivity contribution in [3.05, 3.63) is 35.9 Å². The van der Waals surface area contributed by atoms with Crippen molar-refractivity contribution in [2.24, 2.45) is 0 Å². The minimum Gasteiger partial charge on any atom is -0.481 e. The molecule has 1 unspecified atom stereocenters. The maximum Gasteiger partial charge on any atom is 0.408 e. The molecule has 3 N–H and O–H groups in total. The lowest BCUT2D eigenvalue weighted by atomic mass is 10.00. The van der Waals surface area contributed by atoms with Gasteiger partial charge >= 0.3 is 12.1 Å². The number of aliphatic carboxylic acids is 1. The van der Waals surface area contributed by atoms with E-state index < -0.39 is 36.7 Å². The van der Waals surface area contributed by atoms with Gasteiger partial charge in [0.2, 0.25) is 0 Å². The summed E-state index contributed by atoms with van der Waals surface area (Å²) < 4.78 is 5.16. The van der Waals surface area contributed by atoms with Gasteiger partial charge < -0.3 is 20.3 Å². The molecule has 0 heterocycles. The molecule has 6 heteroatoms. The minimum absolute atomic E-state index is 0.391. The number of aliphatic hydroxyl groups excluding tert-OH is 1. The van der Waals surface area contributed by atoms with E-state index in [1.807, 2.05) is 30.3 Å². The Hall–Kier alpha value is -2.08. The molecule has 1 amide bonds. The Labute approximate surface area is 117 Å². The number of alkyl carbamates (subject to hydrolysis) is 1. The average molecular weight is 281 g/mol. The van der Waals surface area contributed by atoms with Crippen LogP contribution in [0, 0.1) is 0 Å². The van der Waals surface area contributed by atoms with Gasteiger partial charge in [0.15, 0.2) is 0 Å². The summed E-state index contributed by atoms with van der Waals surface area (Å²) >= 11 is 0. The molecule has 0 aliphatic carbocycles. The highest BCUT2D eigenvalue weighted by molar-refractivity contribution is 5.72. The number of carbonyl (C=O) groups excluding carboxylic acids is 1. The van der Waals surface area contributed by atoms with Crippen LogP contribution in [0.4, 0.5) is 4.79 Å². The van der Waals surface area contributed by atoms with Crippen LogP contribution in [0.5, 0.6) is 0 Å². The third-order valence-corrected chi connectivity index (χ3v) is 2.85. The van der Waals surface area contributed by atoms with Crippen molar-refractivity contribution in [2.45, 2.75) is 31.9 Å². The molecule has 0 saturated heterocycles. The first-order chi connectivity index (χ1) is 9.36. The number of carboxylic acid groups (broad SMARTS) is 1. The molecule has 0 saturated carbocycles. The first-order valence-corrected chi connectivity index (χ1v) is 6.23. The molecule has 6 nitrogen and oxygen atoms in total. The highest BCUT2D eigenvalue weighted by Crippen LogP contribution is 2.17. The summed E-state index contributed by atoms with van der Waals surface area (Å²) in [5.74, 6) is -1.11. The number of hydrogen-bond donors (Lipinski definition) is 3. The molecule has 0 aliphatic rings. The van der Waals surface area contributed by atoms with Crippen LogP contribution in [0.15, 0.2) is 30.3 Å². The van der Waals surface area contributed by atoms with Crippen molar-refractivity contribution in [1.29, 1.82) is 0 Å². The van der Waals surface area contributed by atoms with Crippen LogP contribution in [0.3, 0.4) is 0 Å². The van der Waals surface area contributed by atoms with Crippen LogP contribution in [0.1, 0.15) is 31.9 Å². The summed E-state index contributed by atoms with van der Waals surface area (Å²) in [7, 11) is 0. The van der Waals surface area contributed by atoms with Gasteiger partial charge in [-0.1, -0.05) is 30.3 Å². The van der Waals surface area contributed by atoms with Gasteiger partial charge in [0.25, 0.3) is 0 Å². The zero-order chi connectivity index (χ0) is 15.2. The molecule has 1 aromatic carbocycles. The van der Waals surface area contributed by atoms with E-state index in [-0.39, 0.29) is 0 Å². The topological polar surface area (TPSA) is 95.9 Å². The molecule has 110 valence electrons. The summed E-state index contributed by atoms with van der Waals surface area (Å²) in [4.78, 5) is 22.4. The van der Waals surface area contributed by atoms with Crippen LogP contribution >= 0.6 is 0 Å². The van der Waals surface area contributed by atoms with Crippen LogP contribution in [-0.2, 0) is 9.53 Å². The van der Waals surface area contributed by atoms with E-state index in [0.29, 0.717) is 0 Å². The summed E-state index contributed by atoms with van der Waals surface area (Å²) in [6, 6.07) is 9.15. The van der Waals surface area contributed by atoms with Gasteiger partial charge in [-0.2, -0.15) is 0 Å². The molecular weight excluding hydrogens is 262 g/mol. The molecule has 0 aliphatic heterocycles. The van der Waals surface area contributed by atoms with Crippen LogP contribution in [0.2, 0.25) is 0 Å². The van der Waals surface area contributed by atoms with E-state index in [1.165, 1.54) is 6.92 Å². The van der Waals surface area contributed by atoms with E-state index in [2.05, 4.69) is 5.32 Å². The summed E-state index contributed by atoms with van der Waals surface area (Å²) in [5, 5.41) is 20.3. The number of amides is 1. The van der Waals surface area contributed by atoms with Crippen LogP contribution in [0.25, 0.3) is 0 Å². The molecule has 0 bridgehead atoms. The molecule has 2 atom stereocenters. The zero-order valence-corrected chi connectivity index (χ0v) is 11.5. The number of aliphatic hydroxyl groups is 1. The van der Waals surface area contributed by atoms with Crippen molar-refractivity contribution in [2.75, 3.05) is 6.61 Å². The average Bonchev–Trinajstić information content (AvgIpc) is 2.38. The van der Waals surface area contributed by atoms with Crippen LogP contribution < -0.4 is 5.32 Å². The molecule has 1 aromatic rings. The summed E-state index contributed by atoms with van der Waals surface area (Å²) in [6.45, 7) is 2.66. The number of nitrogens with one attached hydrogen (secondary N) is 1. The van der Waals surface area contributed by atoms with E-state index >= 15 is 0 Å². The molecule has 0 aromatic heterocycles. The number of benzene rings is 1.